The van der Waals surface area contributed by atoms with Gasteiger partial charge >= 0.3 is 5.97 Å². The Morgan fingerprint density at radius 2 is 1.88 bits per heavy atom. The summed E-state index contributed by atoms with van der Waals surface area (Å²) >= 11 is 0. The number of nitrogens with zero attached hydrogens (tertiary/aromatic N) is 6. The summed E-state index contributed by atoms with van der Waals surface area (Å²) in [6.07, 6.45) is 2.86. The summed E-state index contributed by atoms with van der Waals surface area (Å²) in [7, 11) is 7.16. The number of nitrogens with one attached hydrogen (secondary N) is 1. The molecule has 0 aliphatic carbocycles. The second-order valence-electron chi connectivity index (χ2n) is 9.78. The fourth-order valence-corrected chi connectivity index (χ4v) is 4.17. The van der Waals surface area contributed by atoms with E-state index in [1.807, 2.05) is 60.4 Å². The molecule has 0 saturated heterocycles. The van der Waals surface area contributed by atoms with Gasteiger partial charge in [-0.1, -0.05) is 25.6 Å². The lowest BCUT2D eigenvalue weighted by Crippen LogP contribution is -2.29. The molecule has 0 atom stereocenters. The van der Waals surface area contributed by atoms with Gasteiger partial charge in [-0.25, -0.2) is 9.78 Å². The Labute approximate surface area is 239 Å². The molecule has 4 rings (SSSR count). The number of hydrogen-bond donors (Lipinski definition) is 1. The first-order valence-corrected chi connectivity index (χ1v) is 12.7. The molecule has 0 aliphatic rings. The van der Waals surface area contributed by atoms with E-state index in [2.05, 4.69) is 15.3 Å². The maximum atomic E-state index is 13.0. The Balaban J connectivity index is 0.00000462. The van der Waals surface area contributed by atoms with E-state index in [4.69, 9.17) is 9.47 Å². The molecule has 218 valence electrons. The van der Waals surface area contributed by atoms with E-state index < -0.39 is 10.9 Å². The topological polar surface area (TPSA) is 128 Å². The second kappa shape index (κ2) is 13.1. The van der Waals surface area contributed by atoms with Crippen LogP contribution in [0.4, 0.5) is 23.0 Å². The van der Waals surface area contributed by atoms with Crippen molar-refractivity contribution in [2.24, 2.45) is 0 Å². The molecule has 0 spiro atoms. The Bertz CT molecular complexity index is 1530. The van der Waals surface area contributed by atoms with Crippen LogP contribution in [0.25, 0.3) is 16.7 Å². The van der Waals surface area contributed by atoms with Crippen LogP contribution in [0.3, 0.4) is 0 Å². The van der Waals surface area contributed by atoms with Gasteiger partial charge in [-0.2, -0.15) is 4.98 Å². The second-order valence-corrected chi connectivity index (χ2v) is 9.78. The number of anilines is 3. The molecule has 12 nitrogen and oxygen atoms in total. The normalized spacial score (nSPS) is 10.9. The van der Waals surface area contributed by atoms with Crippen molar-refractivity contribution in [3.05, 3.63) is 70.5 Å². The molecular weight excluding hydrogens is 526 g/mol. The van der Waals surface area contributed by atoms with Crippen LogP contribution >= 0.6 is 0 Å². The number of nitro groups is 1. The zero-order valence-electron chi connectivity index (χ0n) is 23.4. The summed E-state index contributed by atoms with van der Waals surface area (Å²) in [5, 5.41) is 16.0. The van der Waals surface area contributed by atoms with Gasteiger partial charge in [0.15, 0.2) is 5.82 Å². The molecule has 0 aliphatic heterocycles. The highest BCUT2D eigenvalue weighted by Crippen LogP contribution is 2.39. The van der Waals surface area contributed by atoms with E-state index in [-0.39, 0.29) is 30.7 Å². The molecule has 0 saturated carbocycles. The van der Waals surface area contributed by atoms with Gasteiger partial charge in [0.05, 0.1) is 29.3 Å². The Morgan fingerprint density at radius 3 is 2.54 bits per heavy atom. The number of rotatable bonds is 11. The summed E-state index contributed by atoms with van der Waals surface area (Å²) in [4.78, 5) is 37.3. The minimum Gasteiger partial charge on any atom is -0.494 e. The molecule has 2 heterocycles. The molecule has 0 amide bonds. The van der Waals surface area contributed by atoms with E-state index in [0.29, 0.717) is 36.0 Å². The van der Waals surface area contributed by atoms with E-state index in [0.717, 1.165) is 10.9 Å². The van der Waals surface area contributed by atoms with Crippen LogP contribution in [0.15, 0.2) is 54.9 Å². The van der Waals surface area contributed by atoms with Gasteiger partial charge in [0.2, 0.25) is 5.95 Å². The van der Waals surface area contributed by atoms with E-state index in [1.54, 1.807) is 31.5 Å². The van der Waals surface area contributed by atoms with Crippen LogP contribution in [-0.2, 0) is 4.74 Å². The SMILES string of the molecule is C.COc1cc(N(C)CCN(C)C)c([N+](=O)[O-])cc1Nc1ncc(C(=O)OC(C)C)c(-n2ccc3ccccc32)n1. The molecule has 4 aromatic rings. The number of benzene rings is 2. The first kappa shape index (κ1) is 30.8. The van der Waals surface area contributed by atoms with Crippen molar-refractivity contribution in [1.82, 2.24) is 19.4 Å². The van der Waals surface area contributed by atoms with Gasteiger partial charge in [-0.15, -0.1) is 0 Å². The van der Waals surface area contributed by atoms with Crippen molar-refractivity contribution in [2.75, 3.05) is 51.6 Å². The lowest BCUT2D eigenvalue weighted by Gasteiger charge is -2.23. The van der Waals surface area contributed by atoms with E-state index >= 15 is 0 Å². The minimum absolute atomic E-state index is 0. The summed E-state index contributed by atoms with van der Waals surface area (Å²) in [6.45, 7) is 4.82. The Morgan fingerprint density at radius 1 is 1.15 bits per heavy atom. The van der Waals surface area contributed by atoms with E-state index in [1.165, 1.54) is 19.4 Å². The Hall–Kier alpha value is -4.71. The first-order valence-electron chi connectivity index (χ1n) is 12.7. The zero-order chi connectivity index (χ0) is 29.0. The molecule has 1 N–H and O–H groups in total. The number of ether oxygens (including phenoxy) is 2. The van der Waals surface area contributed by atoms with Crippen molar-refractivity contribution >= 4 is 39.9 Å². The van der Waals surface area contributed by atoms with Gasteiger partial charge < -0.3 is 29.2 Å². The van der Waals surface area contributed by atoms with Crippen LogP contribution in [0, 0.1) is 10.1 Å². The predicted octanol–water partition coefficient (Wildman–Crippen LogP) is 5.28. The van der Waals surface area contributed by atoms with Crippen molar-refractivity contribution in [1.29, 1.82) is 0 Å². The van der Waals surface area contributed by atoms with Gasteiger partial charge in [-0.3, -0.25) is 10.1 Å². The molecule has 2 aromatic carbocycles. The zero-order valence-corrected chi connectivity index (χ0v) is 23.4. The lowest BCUT2D eigenvalue weighted by atomic mass is 10.2. The fourth-order valence-electron chi connectivity index (χ4n) is 4.17. The van der Waals surface area contributed by atoms with Crippen LogP contribution in [0.5, 0.6) is 5.75 Å². The van der Waals surface area contributed by atoms with Crippen molar-refractivity contribution in [3.63, 3.8) is 0 Å². The van der Waals surface area contributed by atoms with E-state index in [9.17, 15) is 14.9 Å². The number of para-hydroxylation sites is 1. The fraction of sp³-hybridized carbons (Fsp3) is 0.345. The summed E-state index contributed by atoms with van der Waals surface area (Å²) in [5.74, 6) is 0.234. The molecule has 2 aromatic heterocycles. The number of likely N-dealkylation sites (N-methyl/N-ethyl adjacent to an activating group) is 2. The highest BCUT2D eigenvalue weighted by Gasteiger charge is 2.24. The minimum atomic E-state index is -0.562. The third-order valence-corrected chi connectivity index (χ3v) is 6.19. The summed E-state index contributed by atoms with van der Waals surface area (Å²) in [6, 6.07) is 12.6. The standard InChI is InChI=1S/C28H33N7O5.CH4/c1-18(2)40-27(36)20-17-29-28(31-26(20)34-12-11-19-9-7-8-10-22(19)34)30-21-15-24(35(37)38)23(16-25(21)39-6)33(5)14-13-32(3)4;/h7-12,15-18H,13-14H2,1-6H3,(H,29,30,31);1H4. The number of esters is 1. The maximum Gasteiger partial charge on any atom is 0.343 e. The van der Waals surface area contributed by atoms with Gasteiger partial charge in [0.1, 0.15) is 17.0 Å². The number of nitro benzene ring substituents is 1. The lowest BCUT2D eigenvalue weighted by molar-refractivity contribution is -0.384. The number of carbonyl (C=O) groups excluding carboxylic acids is 1. The third-order valence-electron chi connectivity index (χ3n) is 6.19. The third kappa shape index (κ3) is 6.90. The van der Waals surface area contributed by atoms with Gasteiger partial charge in [0, 0.05) is 44.7 Å². The van der Waals surface area contributed by atoms with Crippen molar-refractivity contribution in [3.8, 4) is 11.6 Å². The predicted molar refractivity (Wildman–Crippen MR) is 161 cm³/mol. The summed E-state index contributed by atoms with van der Waals surface area (Å²) < 4.78 is 12.8. The van der Waals surface area contributed by atoms with Gasteiger partial charge in [-0.05, 0) is 45.5 Å². The summed E-state index contributed by atoms with van der Waals surface area (Å²) in [5.41, 5.74) is 1.64. The largest absolute Gasteiger partial charge is 0.494 e. The smallest absolute Gasteiger partial charge is 0.343 e. The number of fused-ring (bicyclic) bond motifs is 1. The number of aromatic nitrogens is 3. The molecule has 0 bridgehead atoms. The van der Waals surface area contributed by atoms with Crippen LogP contribution in [0.2, 0.25) is 0 Å². The highest BCUT2D eigenvalue weighted by atomic mass is 16.6. The number of carbonyl (C=O) groups is 1. The van der Waals surface area contributed by atoms with Gasteiger partial charge in [0.25, 0.3) is 5.69 Å². The average Bonchev–Trinajstić information content (AvgIpc) is 3.35. The molecule has 0 fully saturated rings. The molecule has 0 radical (unpaired) electrons. The highest BCUT2D eigenvalue weighted by molar-refractivity contribution is 5.94. The molecule has 12 heteroatoms. The molecular formula is C29H37N7O5. The quantitative estimate of drug-likeness (QED) is 0.146. The van der Waals surface area contributed by atoms with Crippen LogP contribution < -0.4 is 15.0 Å². The number of hydrogen-bond acceptors (Lipinski definition) is 10. The van der Waals surface area contributed by atoms with Crippen LogP contribution in [0.1, 0.15) is 31.6 Å². The first-order chi connectivity index (χ1) is 19.1. The number of methoxy groups -OCH3 is 1. The monoisotopic (exact) mass is 563 g/mol. The Kier molecular flexibility index (Phi) is 9.85. The molecule has 41 heavy (non-hydrogen) atoms. The van der Waals surface area contributed by atoms with Crippen molar-refractivity contribution in [2.45, 2.75) is 27.4 Å². The average molecular weight is 564 g/mol. The van der Waals surface area contributed by atoms with Crippen molar-refractivity contribution < 1.29 is 19.2 Å². The van der Waals surface area contributed by atoms with Crippen LogP contribution in [-0.4, -0.2) is 77.8 Å². The molecule has 0 unspecified atom stereocenters. The maximum absolute atomic E-state index is 13.0.